The van der Waals surface area contributed by atoms with Crippen LogP contribution < -0.4 is 0 Å². The number of hydrogen-bond acceptors (Lipinski definition) is 2. The first-order chi connectivity index (χ1) is 10.7. The van der Waals surface area contributed by atoms with Crippen LogP contribution in [-0.4, -0.2) is 11.6 Å². The second-order valence-electron chi connectivity index (χ2n) is 6.61. The molecule has 130 valence electrons. The van der Waals surface area contributed by atoms with E-state index in [0.717, 1.165) is 51.4 Å². The fraction of sp³-hybridized carbons (Fsp3) is 0.900. The van der Waals surface area contributed by atoms with Gasteiger partial charge < -0.3 is 0 Å². The van der Waals surface area contributed by atoms with Crippen LogP contribution in [0.2, 0.25) is 0 Å². The second-order valence-corrected chi connectivity index (χ2v) is 6.61. The van der Waals surface area contributed by atoms with E-state index in [-0.39, 0.29) is 0 Å². The number of carbonyl (C=O) groups excluding carboxylic acids is 2. The first-order valence-corrected chi connectivity index (χ1v) is 9.74. The molecule has 0 radical (unpaired) electrons. The second kappa shape index (κ2) is 16.7. The van der Waals surface area contributed by atoms with E-state index in [1.54, 1.807) is 0 Å². The molecule has 0 amide bonds. The van der Waals surface area contributed by atoms with Crippen molar-refractivity contribution >= 4 is 11.6 Å². The zero-order valence-electron chi connectivity index (χ0n) is 15.1. The number of carbonyl (C=O) groups is 2. The maximum absolute atomic E-state index is 11.7. The Bertz CT molecular complexity index is 271. The number of Topliss-reactive ketones (excluding diaryl/α,β-unsaturated/α-hetero) is 2. The van der Waals surface area contributed by atoms with Crippen LogP contribution in [0.5, 0.6) is 0 Å². The van der Waals surface area contributed by atoms with Crippen molar-refractivity contribution in [2.75, 3.05) is 0 Å². The van der Waals surface area contributed by atoms with E-state index >= 15 is 0 Å². The Morgan fingerprint density at radius 2 is 0.818 bits per heavy atom. The van der Waals surface area contributed by atoms with Crippen LogP contribution in [-0.2, 0) is 9.59 Å². The lowest BCUT2D eigenvalue weighted by Gasteiger charge is -2.03. The van der Waals surface area contributed by atoms with Gasteiger partial charge in [-0.25, -0.2) is 0 Å². The first kappa shape index (κ1) is 21.3. The zero-order valence-corrected chi connectivity index (χ0v) is 15.1. The maximum atomic E-state index is 11.7. The molecule has 0 fully saturated rings. The summed E-state index contributed by atoms with van der Waals surface area (Å²) in [5.74, 6) is 0.883. The summed E-state index contributed by atoms with van der Waals surface area (Å²) in [6, 6.07) is 0. The molecule has 0 aliphatic rings. The molecule has 0 spiro atoms. The van der Waals surface area contributed by atoms with Gasteiger partial charge in [-0.2, -0.15) is 0 Å². The molecule has 0 saturated carbocycles. The molecule has 0 heterocycles. The Kier molecular flexibility index (Phi) is 16.2. The van der Waals surface area contributed by atoms with Crippen LogP contribution >= 0.6 is 0 Å². The number of rotatable bonds is 17. The molecule has 0 aromatic heterocycles. The van der Waals surface area contributed by atoms with Crippen molar-refractivity contribution in [3.05, 3.63) is 0 Å². The highest BCUT2D eigenvalue weighted by atomic mass is 16.1. The van der Waals surface area contributed by atoms with Crippen molar-refractivity contribution in [2.45, 2.75) is 117 Å². The fourth-order valence-corrected chi connectivity index (χ4v) is 2.81. The number of ketones is 2. The summed E-state index contributed by atoms with van der Waals surface area (Å²) < 4.78 is 0. The smallest absolute Gasteiger partial charge is 0.132 e. The summed E-state index contributed by atoms with van der Waals surface area (Å²) in [6.07, 6.45) is 17.1. The van der Waals surface area contributed by atoms with Crippen LogP contribution in [0.1, 0.15) is 117 Å². The van der Waals surface area contributed by atoms with Gasteiger partial charge in [-0.3, -0.25) is 9.59 Å². The van der Waals surface area contributed by atoms with Gasteiger partial charge in [0.1, 0.15) is 11.6 Å². The predicted molar refractivity (Wildman–Crippen MR) is 95.2 cm³/mol. The lowest BCUT2D eigenvalue weighted by atomic mass is 10.0. The van der Waals surface area contributed by atoms with Crippen LogP contribution in [0.4, 0.5) is 0 Å². The van der Waals surface area contributed by atoms with Crippen LogP contribution in [0.15, 0.2) is 0 Å². The summed E-state index contributed by atoms with van der Waals surface area (Å²) in [7, 11) is 0. The van der Waals surface area contributed by atoms with E-state index in [4.69, 9.17) is 0 Å². The minimum atomic E-state index is 0.423. The third kappa shape index (κ3) is 15.7. The molecule has 0 aromatic rings. The van der Waals surface area contributed by atoms with Gasteiger partial charge in [0.15, 0.2) is 0 Å². The molecule has 0 atom stereocenters. The summed E-state index contributed by atoms with van der Waals surface area (Å²) in [4.78, 5) is 23.1. The molecule has 0 unspecified atom stereocenters. The van der Waals surface area contributed by atoms with Gasteiger partial charge in [0.25, 0.3) is 0 Å². The highest BCUT2D eigenvalue weighted by Crippen LogP contribution is 2.12. The van der Waals surface area contributed by atoms with E-state index in [1.165, 1.54) is 51.4 Å². The van der Waals surface area contributed by atoms with Crippen LogP contribution in [0.25, 0.3) is 0 Å². The maximum Gasteiger partial charge on any atom is 0.132 e. The summed E-state index contributed by atoms with van der Waals surface area (Å²) in [5.41, 5.74) is 0. The average molecular weight is 311 g/mol. The van der Waals surface area contributed by atoms with E-state index in [2.05, 4.69) is 13.8 Å². The summed E-state index contributed by atoms with van der Waals surface area (Å²) >= 11 is 0. The first-order valence-electron chi connectivity index (χ1n) is 9.74. The number of hydrogen-bond donors (Lipinski definition) is 0. The van der Waals surface area contributed by atoms with Gasteiger partial charge in [0.2, 0.25) is 0 Å². The lowest BCUT2D eigenvalue weighted by molar-refractivity contribution is -0.120. The molecule has 2 heteroatoms. The summed E-state index contributed by atoms with van der Waals surface area (Å²) in [5, 5.41) is 0. The third-order valence-corrected chi connectivity index (χ3v) is 4.25. The minimum absolute atomic E-state index is 0.423. The van der Waals surface area contributed by atoms with Crippen molar-refractivity contribution in [2.24, 2.45) is 0 Å². The Morgan fingerprint density at radius 3 is 1.23 bits per heavy atom. The molecule has 0 saturated heterocycles. The molecule has 0 bridgehead atoms. The predicted octanol–water partition coefficient (Wildman–Crippen LogP) is 6.41. The van der Waals surface area contributed by atoms with Gasteiger partial charge in [0.05, 0.1) is 0 Å². The lowest BCUT2D eigenvalue weighted by Crippen LogP contribution is -1.98. The molecular formula is C20H38O2. The van der Waals surface area contributed by atoms with Crippen molar-refractivity contribution < 1.29 is 9.59 Å². The van der Waals surface area contributed by atoms with Gasteiger partial charge in [0, 0.05) is 25.7 Å². The fourth-order valence-electron chi connectivity index (χ4n) is 2.81. The average Bonchev–Trinajstić information content (AvgIpc) is 2.50. The SMILES string of the molecule is CCCCCCCC(=O)CCCCCCCCC(=O)CCC. The van der Waals surface area contributed by atoms with Crippen molar-refractivity contribution in [1.29, 1.82) is 0 Å². The largest absolute Gasteiger partial charge is 0.300 e. The monoisotopic (exact) mass is 310 g/mol. The standard InChI is InChI=1S/C20H38O2/c1-3-5-6-9-12-17-20(22)18-14-11-8-7-10-13-16-19(21)15-4-2/h3-18H2,1-2H3. The van der Waals surface area contributed by atoms with E-state index < -0.39 is 0 Å². The van der Waals surface area contributed by atoms with E-state index in [1.807, 2.05) is 0 Å². The van der Waals surface area contributed by atoms with Gasteiger partial charge in [-0.05, 0) is 25.7 Å². The molecule has 22 heavy (non-hydrogen) atoms. The third-order valence-electron chi connectivity index (χ3n) is 4.25. The molecule has 0 N–H and O–H groups in total. The Balaban J connectivity index is 3.21. The van der Waals surface area contributed by atoms with E-state index in [9.17, 15) is 9.59 Å². The Labute approximate surface area is 138 Å². The van der Waals surface area contributed by atoms with Crippen LogP contribution in [0, 0.1) is 0 Å². The topological polar surface area (TPSA) is 34.1 Å². The molecule has 2 nitrogen and oxygen atoms in total. The van der Waals surface area contributed by atoms with Gasteiger partial charge >= 0.3 is 0 Å². The van der Waals surface area contributed by atoms with Crippen LogP contribution in [0.3, 0.4) is 0 Å². The molecule has 0 aliphatic carbocycles. The highest BCUT2D eigenvalue weighted by molar-refractivity contribution is 5.78. The Morgan fingerprint density at radius 1 is 0.455 bits per heavy atom. The van der Waals surface area contributed by atoms with Gasteiger partial charge in [-0.1, -0.05) is 65.2 Å². The minimum Gasteiger partial charge on any atom is -0.300 e. The van der Waals surface area contributed by atoms with Gasteiger partial charge in [-0.15, -0.1) is 0 Å². The number of unbranched alkanes of at least 4 members (excludes halogenated alkanes) is 9. The molecular weight excluding hydrogens is 272 g/mol. The quantitative estimate of drug-likeness (QED) is 0.291. The van der Waals surface area contributed by atoms with Crippen molar-refractivity contribution in [3.63, 3.8) is 0 Å². The van der Waals surface area contributed by atoms with Crippen molar-refractivity contribution in [3.8, 4) is 0 Å². The normalized spacial score (nSPS) is 10.8. The molecule has 0 aromatic carbocycles. The molecule has 0 rings (SSSR count). The molecule has 0 aliphatic heterocycles. The zero-order chi connectivity index (χ0) is 16.5. The summed E-state index contributed by atoms with van der Waals surface area (Å²) in [6.45, 7) is 4.28. The highest BCUT2D eigenvalue weighted by Gasteiger charge is 2.02. The van der Waals surface area contributed by atoms with E-state index in [0.29, 0.717) is 11.6 Å². The van der Waals surface area contributed by atoms with Crippen molar-refractivity contribution in [1.82, 2.24) is 0 Å². The Hall–Kier alpha value is -0.660.